The number of aliphatic hydroxyl groups excluding tert-OH is 1. The van der Waals surface area contributed by atoms with Gasteiger partial charge in [-0.2, -0.15) is 0 Å². The predicted molar refractivity (Wildman–Crippen MR) is 183 cm³/mol. The fourth-order valence-electron chi connectivity index (χ4n) is 6.28. The van der Waals surface area contributed by atoms with E-state index in [2.05, 4.69) is 0 Å². The number of rotatable bonds is 11. The second-order valence-corrected chi connectivity index (χ2v) is 14.5. The van der Waals surface area contributed by atoms with Gasteiger partial charge < -0.3 is 33.9 Å². The zero-order chi connectivity index (χ0) is 37.1. The van der Waals surface area contributed by atoms with Crippen LogP contribution in [0.4, 0.5) is 4.79 Å². The van der Waals surface area contributed by atoms with E-state index in [0.29, 0.717) is 15.0 Å². The average Bonchev–Trinajstić information content (AvgIpc) is 3.61. The van der Waals surface area contributed by atoms with Crippen LogP contribution >= 0.6 is 35.0 Å². The van der Waals surface area contributed by atoms with E-state index >= 15 is 0 Å². The first-order valence-electron chi connectivity index (χ1n) is 15.8. The molecule has 2 aromatic carbocycles. The number of thioether (sulfide) groups is 1. The van der Waals surface area contributed by atoms with Gasteiger partial charge in [-0.25, -0.2) is 19.2 Å². The summed E-state index contributed by atoms with van der Waals surface area (Å²) in [5.41, 5.74) is 0.236. The highest BCUT2D eigenvalue weighted by Gasteiger charge is 2.60. The van der Waals surface area contributed by atoms with Gasteiger partial charge in [-0.15, -0.1) is 11.8 Å². The number of β-lactam (4-membered cyclic amide) rings is 1. The number of likely N-dealkylation sites (tertiary alicyclic amines) is 1. The van der Waals surface area contributed by atoms with Gasteiger partial charge in [-0.1, -0.05) is 42.3 Å². The Kier molecular flexibility index (Phi) is 11.8. The summed E-state index contributed by atoms with van der Waals surface area (Å²) < 4.78 is 20.7. The maximum Gasteiger partial charge on any atom is 0.413 e. The Morgan fingerprint density at radius 2 is 1.47 bits per heavy atom. The minimum Gasteiger partial charge on any atom is -0.424 e. The third kappa shape index (κ3) is 8.11. The summed E-state index contributed by atoms with van der Waals surface area (Å²) in [5, 5.41) is 10.5. The highest BCUT2D eigenvalue weighted by atomic mass is 35.5. The van der Waals surface area contributed by atoms with Crippen molar-refractivity contribution < 1.29 is 52.8 Å². The number of esters is 3. The van der Waals surface area contributed by atoms with Gasteiger partial charge in [-0.3, -0.25) is 14.5 Å². The maximum atomic E-state index is 13.5. The van der Waals surface area contributed by atoms with Crippen LogP contribution in [-0.4, -0.2) is 113 Å². The molecule has 6 atom stereocenters. The molecule has 0 aromatic heterocycles. The summed E-state index contributed by atoms with van der Waals surface area (Å²) in [4.78, 5) is 82.3. The summed E-state index contributed by atoms with van der Waals surface area (Å²) in [6.07, 6.45) is -1.74. The third-order valence-electron chi connectivity index (χ3n) is 8.69. The molecule has 17 heteroatoms. The molecule has 3 heterocycles. The molecule has 0 saturated carbocycles. The number of hydrogen-bond acceptors (Lipinski definition) is 12. The number of ether oxygens (including phenoxy) is 4. The van der Waals surface area contributed by atoms with Gasteiger partial charge in [0.1, 0.15) is 11.7 Å². The molecule has 3 aliphatic heterocycles. The molecule has 0 radical (unpaired) electrons. The lowest BCUT2D eigenvalue weighted by Gasteiger charge is -2.46. The van der Waals surface area contributed by atoms with Crippen LogP contribution in [0.3, 0.4) is 0 Å². The zero-order valence-electron chi connectivity index (χ0n) is 27.9. The number of nitrogens with zero attached hydrogens (tertiary/aromatic N) is 3. The molecule has 0 spiro atoms. The number of hydrogen-bond donors (Lipinski definition) is 1. The normalized spacial score (nSPS) is 22.9. The van der Waals surface area contributed by atoms with Gasteiger partial charge in [0.05, 0.1) is 29.2 Å². The summed E-state index contributed by atoms with van der Waals surface area (Å²) in [6, 6.07) is 10.6. The third-order valence-corrected chi connectivity index (χ3v) is 10.7. The molecule has 2 fully saturated rings. The molecule has 2 aromatic rings. The molecule has 3 aliphatic rings. The van der Waals surface area contributed by atoms with Gasteiger partial charge in [0.25, 0.3) is 0 Å². The average molecular weight is 765 g/mol. The van der Waals surface area contributed by atoms with E-state index in [9.17, 15) is 33.9 Å². The van der Waals surface area contributed by atoms with E-state index < -0.39 is 78.8 Å². The van der Waals surface area contributed by atoms with Crippen molar-refractivity contribution in [1.82, 2.24) is 14.7 Å². The van der Waals surface area contributed by atoms with Crippen molar-refractivity contribution in [3.05, 3.63) is 80.3 Å². The second-order valence-electron chi connectivity index (χ2n) is 12.3. The fourth-order valence-corrected chi connectivity index (χ4v) is 8.18. The van der Waals surface area contributed by atoms with Crippen LogP contribution in [0.15, 0.2) is 59.1 Å². The first-order valence-corrected chi connectivity index (χ1v) is 17.4. The van der Waals surface area contributed by atoms with E-state index in [1.54, 1.807) is 45.3 Å². The minimum atomic E-state index is -0.992. The quantitative estimate of drug-likeness (QED) is 0.199. The summed E-state index contributed by atoms with van der Waals surface area (Å²) in [6.45, 7) is 1.83. The number of amides is 3. The second kappa shape index (κ2) is 15.9. The van der Waals surface area contributed by atoms with Crippen molar-refractivity contribution in [3.8, 4) is 0 Å². The Hall–Kier alpha value is -4.31. The van der Waals surface area contributed by atoms with E-state index in [-0.39, 0.29) is 35.7 Å². The summed E-state index contributed by atoms with van der Waals surface area (Å²) in [7, 11) is 3.08. The first kappa shape index (κ1) is 37.9. The number of fused-ring (bicyclic) bond motifs is 1. The highest BCUT2D eigenvalue weighted by Crippen LogP contribution is 2.52. The summed E-state index contributed by atoms with van der Waals surface area (Å²) >= 11 is 13.1. The number of halogens is 2. The van der Waals surface area contributed by atoms with Crippen LogP contribution in [0, 0.1) is 11.8 Å². The molecule has 272 valence electrons. The van der Waals surface area contributed by atoms with Crippen molar-refractivity contribution in [2.24, 2.45) is 11.8 Å². The van der Waals surface area contributed by atoms with Crippen LogP contribution in [0.1, 0.15) is 41.0 Å². The monoisotopic (exact) mass is 763 g/mol. The topological polar surface area (TPSA) is 169 Å². The Morgan fingerprint density at radius 1 is 0.922 bits per heavy atom. The van der Waals surface area contributed by atoms with E-state index in [0.717, 1.165) is 0 Å². The van der Waals surface area contributed by atoms with Gasteiger partial charge in [0.15, 0.2) is 0 Å². The number of likely N-dealkylation sites (N-methyl/N-ethyl adjacent to an activating group) is 1. The zero-order valence-corrected chi connectivity index (χ0v) is 30.3. The predicted octanol–water partition coefficient (Wildman–Crippen LogP) is 3.94. The molecular formula is C34H35Cl2N3O11S. The number of benzene rings is 2. The van der Waals surface area contributed by atoms with Crippen LogP contribution in [-0.2, 0) is 33.3 Å². The molecule has 3 unspecified atom stereocenters. The Morgan fingerprint density at radius 3 is 2.00 bits per heavy atom. The molecule has 5 rings (SSSR count). The van der Waals surface area contributed by atoms with Crippen molar-refractivity contribution in [1.29, 1.82) is 0 Å². The molecule has 51 heavy (non-hydrogen) atoms. The lowest BCUT2D eigenvalue weighted by Crippen LogP contribution is -2.63. The van der Waals surface area contributed by atoms with Crippen molar-refractivity contribution in [2.45, 2.75) is 43.7 Å². The SMILES string of the molecule is CC1C(S[C@H]2C[C@@H](C(=O)N(C)C)N(C(=O)OCOC(=O)c3cccc(Cl)c3)C2)=C(C(=O)OCOC(=O)c2cccc(Cl)c2)N2C(=O)C([C@@H](C)O)C12. The molecule has 2 saturated heterocycles. The molecule has 14 nitrogen and oxygen atoms in total. The standard InChI is InChI=1S/C34H35Cl2N3O11S/c1-17-26-25(18(2)40)30(42)39(26)27(33(45)49-15-47-31(43)19-7-5-9-21(35)11-19)28(17)51-23-13-24(29(41)37(3)4)38(14-23)34(46)50-16-48-32(44)20-8-6-10-22(36)12-20/h5-12,17-18,23-26,40H,13-16H2,1-4H3/t17?,18-,23+,24+,25?,26?/m1/s1. The van der Waals surface area contributed by atoms with Crippen LogP contribution < -0.4 is 0 Å². The van der Waals surface area contributed by atoms with Gasteiger partial charge >= 0.3 is 24.0 Å². The first-order chi connectivity index (χ1) is 24.2. The van der Waals surface area contributed by atoms with Gasteiger partial charge in [0, 0.05) is 46.8 Å². The molecule has 0 aliphatic carbocycles. The molecule has 3 amide bonds. The van der Waals surface area contributed by atoms with Crippen molar-refractivity contribution in [3.63, 3.8) is 0 Å². The lowest BCUT2D eigenvalue weighted by molar-refractivity contribution is -0.166. The van der Waals surface area contributed by atoms with Crippen molar-refractivity contribution in [2.75, 3.05) is 34.2 Å². The Bertz CT molecular complexity index is 1770. The highest BCUT2D eigenvalue weighted by molar-refractivity contribution is 8.03. The van der Waals surface area contributed by atoms with Crippen LogP contribution in [0.2, 0.25) is 10.0 Å². The van der Waals surface area contributed by atoms with Gasteiger partial charge in [-0.05, 0) is 49.7 Å². The van der Waals surface area contributed by atoms with Gasteiger partial charge in [0.2, 0.25) is 25.4 Å². The van der Waals surface area contributed by atoms with E-state index in [1.807, 2.05) is 0 Å². The largest absolute Gasteiger partial charge is 0.424 e. The molecule has 0 bridgehead atoms. The van der Waals surface area contributed by atoms with Crippen LogP contribution in [0.25, 0.3) is 0 Å². The smallest absolute Gasteiger partial charge is 0.413 e. The van der Waals surface area contributed by atoms with Crippen LogP contribution in [0.5, 0.6) is 0 Å². The van der Waals surface area contributed by atoms with E-state index in [4.69, 9.17) is 42.1 Å². The Balaban J connectivity index is 1.30. The molecular weight excluding hydrogens is 729 g/mol. The fraction of sp³-hybridized carbons (Fsp3) is 0.412. The summed E-state index contributed by atoms with van der Waals surface area (Å²) in [5.74, 6) is -4.53. The Labute approximate surface area is 307 Å². The number of carbonyl (C=O) groups is 6. The number of aliphatic hydroxyl groups is 1. The number of carbonyl (C=O) groups excluding carboxylic acids is 6. The molecule has 1 N–H and O–H groups in total. The minimum absolute atomic E-state index is 0.00419. The maximum absolute atomic E-state index is 13.5. The van der Waals surface area contributed by atoms with E-state index in [1.165, 1.54) is 57.7 Å². The van der Waals surface area contributed by atoms with Crippen molar-refractivity contribution >= 4 is 70.8 Å². The lowest BCUT2D eigenvalue weighted by atomic mass is 9.79.